The van der Waals surface area contributed by atoms with Crippen LogP contribution < -0.4 is 9.64 Å². The van der Waals surface area contributed by atoms with Crippen molar-refractivity contribution in [1.82, 2.24) is 4.90 Å². The largest absolute Gasteiger partial charge is 0.493 e. The second-order valence-corrected chi connectivity index (χ2v) is 8.93. The van der Waals surface area contributed by atoms with Crippen LogP contribution in [-0.2, 0) is 16.1 Å². The van der Waals surface area contributed by atoms with Crippen LogP contribution in [0, 0.1) is 5.92 Å². The van der Waals surface area contributed by atoms with Crippen LogP contribution in [0.4, 0.5) is 5.88 Å². The van der Waals surface area contributed by atoms with Gasteiger partial charge in [0.1, 0.15) is 5.75 Å². The average molecular weight is 457 g/mol. The Morgan fingerprint density at radius 2 is 1.88 bits per heavy atom. The molecule has 7 nitrogen and oxygen atoms in total. The molecule has 0 spiro atoms. The van der Waals surface area contributed by atoms with Crippen molar-refractivity contribution in [3.05, 3.63) is 48.2 Å². The number of carbonyl (C=O) groups excluding carboxylic acids is 1. The smallest absolute Gasteiger partial charge is 0.303 e. The SMILES string of the molecule is CC(C)N(Cc1ccccc1OCCCCCC(=O)O)C(=O)C1CCN(c2ccco2)CC1. The molecule has 1 saturated heterocycles. The number of hydrogen-bond donors (Lipinski definition) is 1. The normalized spacial score (nSPS) is 14.5. The Hall–Kier alpha value is -2.96. The predicted molar refractivity (Wildman–Crippen MR) is 127 cm³/mol. The fourth-order valence-electron chi connectivity index (χ4n) is 4.24. The number of hydrogen-bond acceptors (Lipinski definition) is 5. The molecular formula is C26H36N2O5. The standard InChI is InChI=1S/C26H36N2O5/c1-20(2)28(26(31)21-13-15-27(16-14-21)24-11-8-18-33-24)19-22-9-5-6-10-23(22)32-17-7-3-4-12-25(29)30/h5-6,8-11,18,20-21H,3-4,7,12-17,19H2,1-2H3,(H,29,30). The van der Waals surface area contributed by atoms with Crippen LogP contribution in [0.2, 0.25) is 0 Å². The third-order valence-corrected chi connectivity index (χ3v) is 6.17. The van der Waals surface area contributed by atoms with Crippen molar-refractivity contribution in [2.45, 2.75) is 65.0 Å². The summed E-state index contributed by atoms with van der Waals surface area (Å²) >= 11 is 0. The highest BCUT2D eigenvalue weighted by Crippen LogP contribution is 2.27. The second-order valence-electron chi connectivity index (χ2n) is 8.93. The predicted octanol–water partition coefficient (Wildman–Crippen LogP) is 4.96. The summed E-state index contributed by atoms with van der Waals surface area (Å²) in [6, 6.07) is 11.8. The number of carbonyl (C=O) groups is 2. The first-order valence-electron chi connectivity index (χ1n) is 12.0. The lowest BCUT2D eigenvalue weighted by molar-refractivity contribution is -0.139. The number of anilines is 1. The molecule has 33 heavy (non-hydrogen) atoms. The van der Waals surface area contributed by atoms with E-state index < -0.39 is 5.97 Å². The second kappa shape index (κ2) is 12.3. The number of aliphatic carboxylic acids is 1. The number of rotatable bonds is 12. The molecule has 0 aliphatic carbocycles. The number of para-hydroxylation sites is 1. The molecule has 0 atom stereocenters. The number of nitrogens with zero attached hydrogens (tertiary/aromatic N) is 2. The van der Waals surface area contributed by atoms with Gasteiger partial charge in [-0.3, -0.25) is 9.59 Å². The number of unbranched alkanes of at least 4 members (excludes halogenated alkanes) is 2. The van der Waals surface area contributed by atoms with Gasteiger partial charge in [-0.15, -0.1) is 0 Å². The molecular weight excluding hydrogens is 420 g/mol. The number of carboxylic acid groups (broad SMARTS) is 1. The first kappa shape index (κ1) is 24.7. The summed E-state index contributed by atoms with van der Waals surface area (Å²) in [5.41, 5.74) is 0.998. The van der Waals surface area contributed by atoms with Crippen molar-refractivity contribution < 1.29 is 23.8 Å². The molecule has 0 bridgehead atoms. The number of ether oxygens (including phenoxy) is 1. The van der Waals surface area contributed by atoms with Crippen molar-refractivity contribution in [1.29, 1.82) is 0 Å². The van der Waals surface area contributed by atoms with Gasteiger partial charge >= 0.3 is 5.97 Å². The minimum atomic E-state index is -0.758. The molecule has 180 valence electrons. The van der Waals surface area contributed by atoms with Crippen LogP contribution in [-0.4, -0.2) is 47.6 Å². The van der Waals surface area contributed by atoms with E-state index >= 15 is 0 Å². The number of benzene rings is 1. The summed E-state index contributed by atoms with van der Waals surface area (Å²) < 4.78 is 11.5. The van der Waals surface area contributed by atoms with Crippen molar-refractivity contribution in [3.8, 4) is 5.75 Å². The molecule has 1 aromatic heterocycles. The molecule has 7 heteroatoms. The van der Waals surface area contributed by atoms with Gasteiger partial charge in [0.25, 0.3) is 0 Å². The lowest BCUT2D eigenvalue weighted by atomic mass is 9.94. The van der Waals surface area contributed by atoms with E-state index in [-0.39, 0.29) is 24.3 Å². The minimum Gasteiger partial charge on any atom is -0.493 e. The Balaban J connectivity index is 1.55. The van der Waals surface area contributed by atoms with Gasteiger partial charge in [-0.1, -0.05) is 18.2 Å². The van der Waals surface area contributed by atoms with Crippen molar-refractivity contribution >= 4 is 17.8 Å². The van der Waals surface area contributed by atoms with Gasteiger partial charge in [-0.2, -0.15) is 0 Å². The van der Waals surface area contributed by atoms with Gasteiger partial charge < -0.3 is 24.1 Å². The third kappa shape index (κ3) is 7.27. The Morgan fingerprint density at radius 3 is 2.55 bits per heavy atom. The summed E-state index contributed by atoms with van der Waals surface area (Å²) in [6.45, 7) is 6.81. The van der Waals surface area contributed by atoms with Crippen LogP contribution in [0.1, 0.15) is 57.9 Å². The number of furan rings is 1. The highest BCUT2D eigenvalue weighted by atomic mass is 16.5. The Labute approximate surface area is 196 Å². The maximum Gasteiger partial charge on any atom is 0.303 e. The van der Waals surface area contributed by atoms with E-state index in [2.05, 4.69) is 18.7 Å². The first-order chi connectivity index (χ1) is 16.0. The van der Waals surface area contributed by atoms with E-state index in [0.29, 0.717) is 19.6 Å². The molecule has 3 rings (SSSR count). The molecule has 0 saturated carbocycles. The fraction of sp³-hybridized carbons (Fsp3) is 0.538. The van der Waals surface area contributed by atoms with Crippen LogP contribution in [0.15, 0.2) is 47.1 Å². The van der Waals surface area contributed by atoms with Crippen molar-refractivity contribution in [2.24, 2.45) is 5.92 Å². The molecule has 1 N–H and O–H groups in total. The molecule has 1 aromatic carbocycles. The zero-order valence-electron chi connectivity index (χ0n) is 19.7. The summed E-state index contributed by atoms with van der Waals surface area (Å²) in [6.07, 6.45) is 5.80. The topological polar surface area (TPSA) is 83.2 Å². The van der Waals surface area contributed by atoms with Gasteiger partial charge in [0.2, 0.25) is 5.91 Å². The van der Waals surface area contributed by atoms with Crippen LogP contribution in [0.5, 0.6) is 5.75 Å². The van der Waals surface area contributed by atoms with Crippen LogP contribution >= 0.6 is 0 Å². The van der Waals surface area contributed by atoms with Crippen molar-refractivity contribution in [3.63, 3.8) is 0 Å². The monoisotopic (exact) mass is 456 g/mol. The maximum atomic E-state index is 13.4. The molecule has 0 unspecified atom stereocenters. The van der Waals surface area contributed by atoms with E-state index in [0.717, 1.165) is 56.0 Å². The Bertz CT molecular complexity index is 873. The average Bonchev–Trinajstić information content (AvgIpc) is 3.35. The van der Waals surface area contributed by atoms with E-state index in [1.165, 1.54) is 0 Å². The molecule has 1 fully saturated rings. The number of piperidine rings is 1. The molecule has 0 radical (unpaired) electrons. The van der Waals surface area contributed by atoms with E-state index in [4.69, 9.17) is 14.3 Å². The van der Waals surface area contributed by atoms with Gasteiger partial charge in [0.15, 0.2) is 5.88 Å². The molecule has 1 amide bonds. The van der Waals surface area contributed by atoms with E-state index in [9.17, 15) is 9.59 Å². The number of carboxylic acids is 1. The summed E-state index contributed by atoms with van der Waals surface area (Å²) in [5, 5.41) is 8.74. The Kier molecular flexibility index (Phi) is 9.22. The van der Waals surface area contributed by atoms with Gasteiger partial charge in [0.05, 0.1) is 12.9 Å². The van der Waals surface area contributed by atoms with Crippen molar-refractivity contribution in [2.75, 3.05) is 24.6 Å². The summed E-state index contributed by atoms with van der Waals surface area (Å²) in [5.74, 6) is 1.12. The quantitative estimate of drug-likeness (QED) is 0.455. The highest BCUT2D eigenvalue weighted by Gasteiger charge is 2.30. The third-order valence-electron chi connectivity index (χ3n) is 6.17. The van der Waals surface area contributed by atoms with Gasteiger partial charge in [-0.05, 0) is 58.1 Å². The summed E-state index contributed by atoms with van der Waals surface area (Å²) in [4.78, 5) is 28.2. The minimum absolute atomic E-state index is 0.0147. The van der Waals surface area contributed by atoms with E-state index in [1.54, 1.807) is 6.26 Å². The van der Waals surface area contributed by atoms with Gasteiger partial charge in [-0.25, -0.2) is 0 Å². The summed E-state index contributed by atoms with van der Waals surface area (Å²) in [7, 11) is 0. The number of amides is 1. The van der Waals surface area contributed by atoms with Gasteiger partial charge in [0, 0.05) is 49.6 Å². The molecule has 2 aromatic rings. The Morgan fingerprint density at radius 1 is 1.12 bits per heavy atom. The van der Waals surface area contributed by atoms with Crippen LogP contribution in [0.3, 0.4) is 0 Å². The first-order valence-corrected chi connectivity index (χ1v) is 12.0. The molecule has 2 heterocycles. The fourth-order valence-corrected chi connectivity index (χ4v) is 4.24. The maximum absolute atomic E-state index is 13.4. The van der Waals surface area contributed by atoms with E-state index in [1.807, 2.05) is 41.3 Å². The zero-order chi connectivity index (χ0) is 23.6. The molecule has 1 aliphatic rings. The lowest BCUT2D eigenvalue weighted by Gasteiger charge is -2.36. The lowest BCUT2D eigenvalue weighted by Crippen LogP contribution is -2.44. The highest BCUT2D eigenvalue weighted by molar-refractivity contribution is 5.79. The van der Waals surface area contributed by atoms with Crippen LogP contribution in [0.25, 0.3) is 0 Å². The molecule has 1 aliphatic heterocycles. The zero-order valence-corrected chi connectivity index (χ0v) is 19.7.